The van der Waals surface area contributed by atoms with Gasteiger partial charge in [-0.3, -0.25) is 9.59 Å². The lowest BCUT2D eigenvalue weighted by molar-refractivity contribution is 0.0926. The molecule has 4 rings (SSSR count). The molecule has 0 bridgehead atoms. The molecule has 1 aliphatic heterocycles. The molecule has 146 valence electrons. The van der Waals surface area contributed by atoms with Crippen molar-refractivity contribution >= 4 is 23.2 Å². The molecule has 0 saturated heterocycles. The van der Waals surface area contributed by atoms with Crippen LogP contribution in [-0.4, -0.2) is 24.3 Å². The highest BCUT2D eigenvalue weighted by atomic mass is 16.7. The van der Waals surface area contributed by atoms with Crippen LogP contribution in [0.2, 0.25) is 0 Å². The average molecular weight is 391 g/mol. The molecule has 2 amide bonds. The summed E-state index contributed by atoms with van der Waals surface area (Å²) in [4.78, 5) is 24.3. The first-order valence-corrected chi connectivity index (χ1v) is 8.80. The van der Waals surface area contributed by atoms with Crippen molar-refractivity contribution in [2.45, 2.75) is 6.92 Å². The second-order valence-corrected chi connectivity index (χ2v) is 6.21. The zero-order valence-electron chi connectivity index (χ0n) is 15.5. The van der Waals surface area contributed by atoms with Crippen LogP contribution < -0.4 is 20.2 Å². The van der Waals surface area contributed by atoms with E-state index >= 15 is 0 Å². The number of nitrogens with one attached hydrogen (secondary N) is 2. The quantitative estimate of drug-likeness (QED) is 0.513. The Hall–Kier alpha value is -4.07. The summed E-state index contributed by atoms with van der Waals surface area (Å²) in [5.74, 6) is 0.675. The summed E-state index contributed by atoms with van der Waals surface area (Å²) in [7, 11) is 0. The molecule has 2 aromatic carbocycles. The number of amides is 2. The van der Waals surface area contributed by atoms with E-state index < -0.39 is 5.91 Å². The van der Waals surface area contributed by atoms with Crippen LogP contribution in [0.1, 0.15) is 33.4 Å². The predicted octanol–water partition coefficient (Wildman–Crippen LogP) is 3.41. The van der Waals surface area contributed by atoms with E-state index in [1.54, 1.807) is 61.5 Å². The molecule has 0 unspecified atom stereocenters. The number of anilines is 1. The van der Waals surface area contributed by atoms with Gasteiger partial charge in [0.25, 0.3) is 5.91 Å². The Bertz CT molecular complexity index is 1070. The van der Waals surface area contributed by atoms with E-state index in [4.69, 9.17) is 13.9 Å². The smallest absolute Gasteiger partial charge is 0.307 e. The molecule has 0 fully saturated rings. The Morgan fingerprint density at radius 1 is 0.931 bits per heavy atom. The van der Waals surface area contributed by atoms with Crippen molar-refractivity contribution in [1.29, 1.82) is 0 Å². The Kier molecular flexibility index (Phi) is 4.98. The molecular weight excluding hydrogens is 374 g/mol. The molecule has 0 spiro atoms. The van der Waals surface area contributed by atoms with Gasteiger partial charge in [0.2, 0.25) is 6.79 Å². The van der Waals surface area contributed by atoms with Crippen LogP contribution in [0.4, 0.5) is 5.69 Å². The third-order valence-corrected chi connectivity index (χ3v) is 4.27. The Labute approximate surface area is 166 Å². The summed E-state index contributed by atoms with van der Waals surface area (Å²) >= 11 is 0. The predicted molar refractivity (Wildman–Crippen MR) is 105 cm³/mol. The van der Waals surface area contributed by atoms with Gasteiger partial charge in [0.15, 0.2) is 17.3 Å². The highest BCUT2D eigenvalue weighted by Crippen LogP contribution is 2.32. The fraction of sp³-hybridized carbons (Fsp3) is 0.0952. The summed E-state index contributed by atoms with van der Waals surface area (Å²) in [6.07, 6.45) is 1.42. The van der Waals surface area contributed by atoms with E-state index in [9.17, 15) is 9.59 Å². The molecule has 8 heteroatoms. The van der Waals surface area contributed by atoms with E-state index in [0.717, 1.165) is 5.56 Å². The lowest BCUT2D eigenvalue weighted by atomic mass is 10.1. The summed E-state index contributed by atoms with van der Waals surface area (Å²) in [5, 5.41) is 6.89. The van der Waals surface area contributed by atoms with E-state index in [1.165, 1.54) is 6.26 Å². The zero-order chi connectivity index (χ0) is 20.2. The van der Waals surface area contributed by atoms with Crippen molar-refractivity contribution in [3.63, 3.8) is 0 Å². The largest absolute Gasteiger partial charge is 0.459 e. The maximum atomic E-state index is 12.4. The second-order valence-electron chi connectivity index (χ2n) is 6.21. The van der Waals surface area contributed by atoms with Gasteiger partial charge in [0, 0.05) is 11.3 Å². The first kappa shape index (κ1) is 18.3. The van der Waals surface area contributed by atoms with Gasteiger partial charge in [-0.2, -0.15) is 5.10 Å². The van der Waals surface area contributed by atoms with E-state index in [2.05, 4.69) is 15.8 Å². The van der Waals surface area contributed by atoms with Crippen molar-refractivity contribution in [2.24, 2.45) is 5.10 Å². The van der Waals surface area contributed by atoms with Crippen LogP contribution in [0.15, 0.2) is 70.4 Å². The number of furan rings is 1. The fourth-order valence-electron chi connectivity index (χ4n) is 2.70. The highest BCUT2D eigenvalue weighted by Gasteiger charge is 2.16. The van der Waals surface area contributed by atoms with Gasteiger partial charge in [-0.25, -0.2) is 5.43 Å². The van der Waals surface area contributed by atoms with Crippen LogP contribution in [-0.2, 0) is 0 Å². The minimum absolute atomic E-state index is 0.157. The summed E-state index contributed by atoms with van der Waals surface area (Å²) in [5.41, 5.74) is 4.94. The molecule has 2 heterocycles. The molecule has 8 nitrogen and oxygen atoms in total. The molecule has 0 aliphatic carbocycles. The first-order valence-electron chi connectivity index (χ1n) is 8.80. The lowest BCUT2D eigenvalue weighted by Gasteiger charge is -2.07. The third kappa shape index (κ3) is 4.11. The summed E-state index contributed by atoms with van der Waals surface area (Å²) in [6.45, 7) is 1.92. The number of nitrogens with zero attached hydrogens (tertiary/aromatic N) is 1. The number of hydrogen-bond donors (Lipinski definition) is 2. The summed E-state index contributed by atoms with van der Waals surface area (Å²) < 4.78 is 15.6. The molecule has 0 saturated carbocycles. The maximum absolute atomic E-state index is 12.4. The summed E-state index contributed by atoms with van der Waals surface area (Å²) in [6, 6.07) is 15.3. The van der Waals surface area contributed by atoms with Gasteiger partial charge in [0.05, 0.1) is 12.0 Å². The first-order chi connectivity index (χ1) is 14.1. The van der Waals surface area contributed by atoms with Gasteiger partial charge < -0.3 is 19.2 Å². The monoisotopic (exact) mass is 391 g/mol. The third-order valence-electron chi connectivity index (χ3n) is 4.27. The van der Waals surface area contributed by atoms with Crippen molar-refractivity contribution in [2.75, 3.05) is 12.1 Å². The molecule has 0 atom stereocenters. The molecule has 3 aromatic rings. The lowest BCUT2D eigenvalue weighted by Crippen LogP contribution is -2.18. The number of fused-ring (bicyclic) bond motifs is 1. The van der Waals surface area contributed by atoms with Gasteiger partial charge >= 0.3 is 5.91 Å². The minimum atomic E-state index is -0.429. The number of hydrogen-bond acceptors (Lipinski definition) is 6. The standard InChI is InChI=1S/C21H17N3O5/c1-13(23-24-21(26)18-3-2-10-27-18)14-4-7-16(8-5-14)22-20(25)15-6-9-17-19(11-15)29-12-28-17/h2-11H,12H2,1H3,(H,22,25)(H,24,26). The minimum Gasteiger partial charge on any atom is -0.459 e. The number of hydrazone groups is 1. The van der Waals surface area contributed by atoms with Crippen LogP contribution >= 0.6 is 0 Å². The average Bonchev–Trinajstić information content (AvgIpc) is 3.43. The number of benzene rings is 2. The topological polar surface area (TPSA) is 102 Å². The number of carbonyl (C=O) groups excluding carboxylic acids is 2. The van der Waals surface area contributed by atoms with Crippen molar-refractivity contribution in [3.8, 4) is 11.5 Å². The van der Waals surface area contributed by atoms with Crippen molar-refractivity contribution in [3.05, 3.63) is 77.7 Å². The van der Waals surface area contributed by atoms with Crippen LogP contribution in [0.25, 0.3) is 0 Å². The van der Waals surface area contributed by atoms with E-state index in [0.29, 0.717) is 28.5 Å². The Morgan fingerprint density at radius 2 is 1.69 bits per heavy atom. The van der Waals surface area contributed by atoms with Crippen molar-refractivity contribution < 1.29 is 23.5 Å². The molecule has 0 radical (unpaired) electrons. The Balaban J connectivity index is 1.39. The van der Waals surface area contributed by atoms with Crippen LogP contribution in [0.3, 0.4) is 0 Å². The second kappa shape index (κ2) is 7.89. The highest BCUT2D eigenvalue weighted by molar-refractivity contribution is 6.05. The number of carbonyl (C=O) groups is 2. The van der Waals surface area contributed by atoms with E-state index in [-0.39, 0.29) is 18.5 Å². The van der Waals surface area contributed by atoms with Gasteiger partial charge in [-0.05, 0) is 55.0 Å². The van der Waals surface area contributed by atoms with Gasteiger partial charge in [0.1, 0.15) is 0 Å². The maximum Gasteiger partial charge on any atom is 0.307 e. The Morgan fingerprint density at radius 3 is 2.45 bits per heavy atom. The van der Waals surface area contributed by atoms with Gasteiger partial charge in [-0.1, -0.05) is 12.1 Å². The normalized spacial score (nSPS) is 12.5. The van der Waals surface area contributed by atoms with Crippen molar-refractivity contribution in [1.82, 2.24) is 5.43 Å². The molecular formula is C21H17N3O5. The number of ether oxygens (including phenoxy) is 2. The molecule has 2 N–H and O–H groups in total. The van der Waals surface area contributed by atoms with Crippen LogP contribution in [0.5, 0.6) is 11.5 Å². The molecule has 29 heavy (non-hydrogen) atoms. The fourth-order valence-corrected chi connectivity index (χ4v) is 2.70. The zero-order valence-corrected chi connectivity index (χ0v) is 15.5. The molecule has 1 aromatic heterocycles. The SMILES string of the molecule is CC(=NNC(=O)c1ccco1)c1ccc(NC(=O)c2ccc3c(c2)OCO3)cc1. The number of rotatable bonds is 5. The van der Waals surface area contributed by atoms with Crippen LogP contribution in [0, 0.1) is 0 Å². The van der Waals surface area contributed by atoms with Gasteiger partial charge in [-0.15, -0.1) is 0 Å². The van der Waals surface area contributed by atoms with E-state index in [1.807, 2.05) is 0 Å². The molecule has 1 aliphatic rings.